The number of urea groups is 1. The highest BCUT2D eigenvalue weighted by atomic mass is 16.2. The van der Waals surface area contributed by atoms with Crippen molar-refractivity contribution in [1.29, 1.82) is 0 Å². The summed E-state index contributed by atoms with van der Waals surface area (Å²) in [4.78, 5) is 17.3. The van der Waals surface area contributed by atoms with Crippen molar-refractivity contribution in [1.82, 2.24) is 20.4 Å². The molecule has 0 aromatic carbocycles. The van der Waals surface area contributed by atoms with Gasteiger partial charge in [-0.3, -0.25) is 0 Å². The van der Waals surface area contributed by atoms with Crippen LogP contribution < -0.4 is 10.6 Å². The lowest BCUT2D eigenvalue weighted by atomic mass is 10.1. The van der Waals surface area contributed by atoms with Crippen LogP contribution in [0.25, 0.3) is 0 Å². The molecular weight excluding hydrogens is 348 g/mol. The van der Waals surface area contributed by atoms with Gasteiger partial charge in [0.25, 0.3) is 0 Å². The summed E-state index contributed by atoms with van der Waals surface area (Å²) in [5, 5.41) is 6.14. The van der Waals surface area contributed by atoms with Crippen LogP contribution in [0, 0.1) is 0 Å². The van der Waals surface area contributed by atoms with E-state index in [1.807, 2.05) is 0 Å². The molecule has 0 radical (unpaired) electrons. The second-order valence-electron chi connectivity index (χ2n) is 7.96. The number of amides is 2. The first-order chi connectivity index (χ1) is 13.6. The summed E-state index contributed by atoms with van der Waals surface area (Å²) in [5.41, 5.74) is 0. The molecule has 0 rings (SSSR count). The van der Waals surface area contributed by atoms with E-state index in [4.69, 9.17) is 0 Å². The second-order valence-corrected chi connectivity index (χ2v) is 7.96. The number of nitrogens with one attached hydrogen (secondary N) is 2. The van der Waals surface area contributed by atoms with E-state index >= 15 is 0 Å². The minimum absolute atomic E-state index is 0.0141. The fourth-order valence-corrected chi connectivity index (χ4v) is 4.16. The second kappa shape index (κ2) is 18.2. The fourth-order valence-electron chi connectivity index (χ4n) is 4.16. The Morgan fingerprint density at radius 3 is 1.21 bits per heavy atom. The molecule has 2 unspecified atom stereocenters. The average Bonchev–Trinajstić information content (AvgIpc) is 2.68. The van der Waals surface area contributed by atoms with Gasteiger partial charge in [0.05, 0.1) is 0 Å². The van der Waals surface area contributed by atoms with Gasteiger partial charge in [-0.15, -0.1) is 0 Å². The summed E-state index contributed by atoms with van der Waals surface area (Å²) < 4.78 is 0. The van der Waals surface area contributed by atoms with Gasteiger partial charge in [-0.05, 0) is 77.5 Å². The maximum absolute atomic E-state index is 12.2. The lowest BCUT2D eigenvalue weighted by Crippen LogP contribution is -2.43. The molecule has 0 spiro atoms. The molecule has 0 saturated heterocycles. The molecule has 0 aliphatic heterocycles. The summed E-state index contributed by atoms with van der Waals surface area (Å²) in [5.74, 6) is 0. The van der Waals surface area contributed by atoms with Crippen LogP contribution in [0.2, 0.25) is 0 Å². The molecule has 2 atom stereocenters. The molecule has 0 saturated carbocycles. The van der Waals surface area contributed by atoms with Crippen molar-refractivity contribution in [2.24, 2.45) is 0 Å². The Hall–Kier alpha value is -0.810. The van der Waals surface area contributed by atoms with E-state index in [9.17, 15) is 4.79 Å². The van der Waals surface area contributed by atoms with Gasteiger partial charge in [0.1, 0.15) is 0 Å². The van der Waals surface area contributed by atoms with E-state index in [0.717, 1.165) is 65.0 Å². The van der Waals surface area contributed by atoms with Gasteiger partial charge in [0.15, 0.2) is 0 Å². The highest BCUT2D eigenvalue weighted by molar-refractivity contribution is 5.73. The summed E-state index contributed by atoms with van der Waals surface area (Å²) in [7, 11) is 0. The van der Waals surface area contributed by atoms with Gasteiger partial charge in [-0.2, -0.15) is 0 Å². The summed E-state index contributed by atoms with van der Waals surface area (Å²) >= 11 is 0. The van der Waals surface area contributed by atoms with Crippen molar-refractivity contribution in [2.45, 2.75) is 105 Å². The molecule has 5 nitrogen and oxygen atoms in total. The maximum Gasteiger partial charge on any atom is 0.314 e. The van der Waals surface area contributed by atoms with E-state index < -0.39 is 0 Å². The molecule has 0 aromatic heterocycles. The monoisotopic (exact) mass is 398 g/mol. The predicted octanol–water partition coefficient (Wildman–Crippen LogP) is 4.87. The summed E-state index contributed by atoms with van der Waals surface area (Å²) in [6.45, 7) is 19.6. The zero-order valence-electron chi connectivity index (χ0n) is 19.9. The normalized spacial score (nSPS) is 13.7. The van der Waals surface area contributed by atoms with Crippen LogP contribution in [0.3, 0.4) is 0 Å². The van der Waals surface area contributed by atoms with Crippen molar-refractivity contribution < 1.29 is 4.79 Å². The standard InChI is InChI=1S/C23H50N4O/c1-7-17-26(18-8-2)21(11-5)13-15-24-23(28)25-16-14-22(12-6)27(19-9-3)20-10-4/h21-22H,7-20H2,1-6H3,(H2,24,25,28). The molecule has 0 aromatic rings. The van der Waals surface area contributed by atoms with Crippen molar-refractivity contribution in [3.05, 3.63) is 0 Å². The smallest absolute Gasteiger partial charge is 0.314 e. The number of hydrogen-bond donors (Lipinski definition) is 2. The zero-order valence-corrected chi connectivity index (χ0v) is 19.9. The zero-order chi connectivity index (χ0) is 21.2. The van der Waals surface area contributed by atoms with Crippen molar-refractivity contribution in [2.75, 3.05) is 39.3 Å². The third kappa shape index (κ3) is 11.9. The number of nitrogens with zero attached hydrogens (tertiary/aromatic N) is 2. The Balaban J connectivity index is 4.22. The Morgan fingerprint density at radius 2 is 0.964 bits per heavy atom. The Labute approximate surface area is 176 Å². The van der Waals surface area contributed by atoms with Crippen LogP contribution >= 0.6 is 0 Å². The molecule has 5 heteroatoms. The highest BCUT2D eigenvalue weighted by Gasteiger charge is 2.17. The van der Waals surface area contributed by atoms with Crippen LogP contribution in [-0.4, -0.2) is 67.2 Å². The molecule has 28 heavy (non-hydrogen) atoms. The minimum Gasteiger partial charge on any atom is -0.338 e. The van der Waals surface area contributed by atoms with Gasteiger partial charge in [0, 0.05) is 25.2 Å². The largest absolute Gasteiger partial charge is 0.338 e. The maximum atomic E-state index is 12.2. The average molecular weight is 399 g/mol. The predicted molar refractivity (Wildman–Crippen MR) is 123 cm³/mol. The Kier molecular flexibility index (Phi) is 17.7. The van der Waals surface area contributed by atoms with Gasteiger partial charge >= 0.3 is 6.03 Å². The molecule has 2 amide bonds. The van der Waals surface area contributed by atoms with Crippen LogP contribution in [-0.2, 0) is 0 Å². The lowest BCUT2D eigenvalue weighted by molar-refractivity contribution is 0.178. The minimum atomic E-state index is -0.0141. The SMILES string of the molecule is CCCN(CCC)C(CC)CCNC(=O)NCCC(CC)N(CCC)CCC. The molecule has 0 aliphatic rings. The fraction of sp³-hybridized carbons (Fsp3) is 0.957. The molecular formula is C23H50N4O. The van der Waals surface area contributed by atoms with E-state index in [2.05, 4.69) is 62.0 Å². The van der Waals surface area contributed by atoms with Gasteiger partial charge in [-0.25, -0.2) is 4.79 Å². The quantitative estimate of drug-likeness (QED) is 0.346. The van der Waals surface area contributed by atoms with Crippen molar-refractivity contribution in [3.63, 3.8) is 0 Å². The first-order valence-corrected chi connectivity index (χ1v) is 12.1. The lowest BCUT2D eigenvalue weighted by Gasteiger charge is -2.31. The first-order valence-electron chi connectivity index (χ1n) is 12.1. The van der Waals surface area contributed by atoms with Crippen LogP contribution in [0.4, 0.5) is 4.79 Å². The van der Waals surface area contributed by atoms with Crippen LogP contribution in [0.15, 0.2) is 0 Å². The summed E-state index contributed by atoms with van der Waals surface area (Å²) in [6.07, 6.45) is 9.11. The third-order valence-corrected chi connectivity index (χ3v) is 5.54. The third-order valence-electron chi connectivity index (χ3n) is 5.54. The van der Waals surface area contributed by atoms with Crippen LogP contribution in [0.1, 0.15) is 92.9 Å². The highest BCUT2D eigenvalue weighted by Crippen LogP contribution is 2.11. The molecule has 0 aliphatic carbocycles. The van der Waals surface area contributed by atoms with E-state index in [-0.39, 0.29) is 6.03 Å². The van der Waals surface area contributed by atoms with Gasteiger partial charge in [-0.1, -0.05) is 41.5 Å². The molecule has 168 valence electrons. The molecule has 0 bridgehead atoms. The number of carbonyl (C=O) groups excluding carboxylic acids is 1. The molecule has 2 N–H and O–H groups in total. The van der Waals surface area contributed by atoms with Crippen molar-refractivity contribution in [3.8, 4) is 0 Å². The Morgan fingerprint density at radius 1 is 0.643 bits per heavy atom. The summed E-state index contributed by atoms with van der Waals surface area (Å²) in [6, 6.07) is 1.13. The number of hydrogen-bond acceptors (Lipinski definition) is 3. The van der Waals surface area contributed by atoms with Gasteiger partial charge < -0.3 is 20.4 Å². The van der Waals surface area contributed by atoms with E-state index in [0.29, 0.717) is 12.1 Å². The van der Waals surface area contributed by atoms with Crippen LogP contribution in [0.5, 0.6) is 0 Å². The van der Waals surface area contributed by atoms with E-state index in [1.165, 1.54) is 25.7 Å². The molecule has 0 heterocycles. The number of carbonyl (C=O) groups is 1. The molecule has 0 fully saturated rings. The van der Waals surface area contributed by atoms with E-state index in [1.54, 1.807) is 0 Å². The van der Waals surface area contributed by atoms with Crippen molar-refractivity contribution >= 4 is 6.03 Å². The van der Waals surface area contributed by atoms with Gasteiger partial charge in [0.2, 0.25) is 0 Å². The number of rotatable bonds is 18. The first kappa shape index (κ1) is 27.2. The Bertz CT molecular complexity index is 321. The topological polar surface area (TPSA) is 47.6 Å².